The molecule has 0 amide bonds. The van der Waals surface area contributed by atoms with E-state index in [4.69, 9.17) is 0 Å². The summed E-state index contributed by atoms with van der Waals surface area (Å²) in [6.07, 6.45) is 2.99. The second-order valence-electron chi connectivity index (χ2n) is 6.25. The van der Waals surface area contributed by atoms with Crippen LogP contribution in [0, 0.1) is 0 Å². The molecule has 0 aliphatic carbocycles. The van der Waals surface area contributed by atoms with E-state index >= 15 is 0 Å². The van der Waals surface area contributed by atoms with Gasteiger partial charge in [-0.3, -0.25) is 4.99 Å². The van der Waals surface area contributed by atoms with Crippen molar-refractivity contribution in [1.29, 1.82) is 0 Å². The SMILES string of the molecule is CCc1cnc(CNC(=NC)NCC(c2ccccc2)c2ccccc2)s1. The van der Waals surface area contributed by atoms with Gasteiger partial charge in [-0.1, -0.05) is 67.6 Å². The highest BCUT2D eigenvalue weighted by Crippen LogP contribution is 2.23. The smallest absolute Gasteiger partial charge is 0.191 e. The number of hydrogen-bond acceptors (Lipinski definition) is 3. The predicted octanol–water partition coefficient (Wildman–Crippen LogP) is 4.20. The number of nitrogens with one attached hydrogen (secondary N) is 2. The first kappa shape index (κ1) is 19.1. The van der Waals surface area contributed by atoms with Gasteiger partial charge in [0.1, 0.15) is 5.01 Å². The highest BCUT2D eigenvalue weighted by Gasteiger charge is 2.14. The van der Waals surface area contributed by atoms with Gasteiger partial charge in [-0.25, -0.2) is 4.98 Å². The van der Waals surface area contributed by atoms with Crippen LogP contribution in [0.15, 0.2) is 71.9 Å². The molecule has 2 N–H and O–H groups in total. The number of hydrogen-bond donors (Lipinski definition) is 2. The zero-order valence-electron chi connectivity index (χ0n) is 15.9. The first-order chi connectivity index (χ1) is 13.3. The van der Waals surface area contributed by atoms with Gasteiger partial charge >= 0.3 is 0 Å². The predicted molar refractivity (Wildman–Crippen MR) is 114 cm³/mol. The molecule has 140 valence electrons. The molecule has 0 aliphatic heterocycles. The van der Waals surface area contributed by atoms with Crippen molar-refractivity contribution in [2.45, 2.75) is 25.8 Å². The van der Waals surface area contributed by atoms with Gasteiger partial charge in [0.2, 0.25) is 0 Å². The topological polar surface area (TPSA) is 49.3 Å². The van der Waals surface area contributed by atoms with Crippen molar-refractivity contribution in [3.05, 3.63) is 87.9 Å². The van der Waals surface area contributed by atoms with Crippen LogP contribution in [0.4, 0.5) is 0 Å². The van der Waals surface area contributed by atoms with Crippen molar-refractivity contribution in [1.82, 2.24) is 15.6 Å². The molecule has 3 aromatic rings. The van der Waals surface area contributed by atoms with E-state index in [-0.39, 0.29) is 5.92 Å². The molecule has 0 fully saturated rings. The molecule has 0 aliphatic rings. The van der Waals surface area contributed by atoms with Crippen LogP contribution < -0.4 is 10.6 Å². The molecule has 27 heavy (non-hydrogen) atoms. The fourth-order valence-electron chi connectivity index (χ4n) is 2.97. The fourth-order valence-corrected chi connectivity index (χ4v) is 3.77. The van der Waals surface area contributed by atoms with Crippen molar-refractivity contribution >= 4 is 17.3 Å². The Morgan fingerprint density at radius 3 is 2.15 bits per heavy atom. The molecule has 1 aromatic heterocycles. The Labute approximate surface area is 165 Å². The summed E-state index contributed by atoms with van der Waals surface area (Å²) in [6, 6.07) is 21.2. The molecule has 0 bridgehead atoms. The van der Waals surface area contributed by atoms with Gasteiger partial charge in [-0.15, -0.1) is 11.3 Å². The van der Waals surface area contributed by atoms with Crippen molar-refractivity contribution in [3.8, 4) is 0 Å². The van der Waals surface area contributed by atoms with Gasteiger partial charge in [0, 0.05) is 30.6 Å². The van der Waals surface area contributed by atoms with Gasteiger partial charge < -0.3 is 10.6 Å². The van der Waals surface area contributed by atoms with E-state index in [0.717, 1.165) is 23.9 Å². The second kappa shape index (κ2) is 9.88. The Bertz CT molecular complexity index is 804. The lowest BCUT2D eigenvalue weighted by atomic mass is 9.91. The third kappa shape index (κ3) is 5.41. The maximum Gasteiger partial charge on any atom is 0.191 e. The van der Waals surface area contributed by atoms with Crippen molar-refractivity contribution in [3.63, 3.8) is 0 Å². The number of aryl methyl sites for hydroxylation is 1. The molecule has 5 heteroatoms. The van der Waals surface area contributed by atoms with Crippen LogP contribution in [0.3, 0.4) is 0 Å². The van der Waals surface area contributed by atoms with Gasteiger partial charge in [-0.2, -0.15) is 0 Å². The van der Waals surface area contributed by atoms with Crippen LogP contribution >= 0.6 is 11.3 Å². The third-order valence-corrected chi connectivity index (χ3v) is 5.60. The summed E-state index contributed by atoms with van der Waals surface area (Å²) in [5.41, 5.74) is 2.58. The largest absolute Gasteiger partial charge is 0.355 e. The Morgan fingerprint density at radius 2 is 1.63 bits per heavy atom. The minimum absolute atomic E-state index is 0.262. The van der Waals surface area contributed by atoms with Crippen LogP contribution in [-0.2, 0) is 13.0 Å². The maximum absolute atomic E-state index is 4.46. The minimum atomic E-state index is 0.262. The maximum atomic E-state index is 4.46. The van der Waals surface area contributed by atoms with E-state index in [1.54, 1.807) is 18.4 Å². The number of aromatic nitrogens is 1. The standard InChI is InChI=1S/C22H26N4S/c1-3-19-14-24-21(27-19)16-26-22(23-2)25-15-20(17-10-6-4-7-11-17)18-12-8-5-9-13-18/h4-14,20H,3,15-16H2,1-2H3,(H2,23,25,26). The number of rotatable bonds is 7. The molecule has 0 radical (unpaired) electrons. The van der Waals surface area contributed by atoms with Crippen LogP contribution in [0.25, 0.3) is 0 Å². The summed E-state index contributed by atoms with van der Waals surface area (Å²) < 4.78 is 0. The highest BCUT2D eigenvalue weighted by atomic mass is 32.1. The number of nitrogens with zero attached hydrogens (tertiary/aromatic N) is 2. The molecule has 0 unspecified atom stereocenters. The van der Waals surface area contributed by atoms with Crippen molar-refractivity contribution in [2.24, 2.45) is 4.99 Å². The number of aliphatic imine (C=N–C) groups is 1. The zero-order chi connectivity index (χ0) is 18.9. The number of guanidine groups is 1. The molecular formula is C22H26N4S. The molecule has 3 rings (SSSR count). The van der Waals surface area contributed by atoms with Crippen LogP contribution in [-0.4, -0.2) is 24.5 Å². The van der Waals surface area contributed by atoms with Gasteiger partial charge in [0.15, 0.2) is 5.96 Å². The van der Waals surface area contributed by atoms with E-state index < -0.39 is 0 Å². The Morgan fingerprint density at radius 1 is 1.00 bits per heavy atom. The van der Waals surface area contributed by atoms with E-state index in [1.807, 2.05) is 6.20 Å². The molecule has 1 heterocycles. The second-order valence-corrected chi connectivity index (χ2v) is 7.45. The number of benzene rings is 2. The summed E-state index contributed by atoms with van der Waals surface area (Å²) in [6.45, 7) is 3.61. The highest BCUT2D eigenvalue weighted by molar-refractivity contribution is 7.11. The Kier molecular flexibility index (Phi) is 6.99. The van der Waals surface area contributed by atoms with Crippen molar-refractivity contribution < 1.29 is 0 Å². The lowest BCUT2D eigenvalue weighted by molar-refractivity contribution is 0.727. The fraction of sp³-hybridized carbons (Fsp3) is 0.273. The Hall–Kier alpha value is -2.66. The Balaban J connectivity index is 1.64. The van der Waals surface area contributed by atoms with Crippen molar-refractivity contribution in [2.75, 3.05) is 13.6 Å². The third-order valence-electron chi connectivity index (χ3n) is 4.46. The zero-order valence-corrected chi connectivity index (χ0v) is 16.7. The molecule has 0 saturated heterocycles. The molecule has 0 saturated carbocycles. The van der Waals surface area contributed by atoms with Crippen LogP contribution in [0.1, 0.15) is 33.9 Å². The average molecular weight is 379 g/mol. The summed E-state index contributed by atoms with van der Waals surface area (Å²) >= 11 is 1.75. The average Bonchev–Trinajstić information content (AvgIpc) is 3.20. The molecule has 4 nitrogen and oxygen atoms in total. The molecule has 0 atom stereocenters. The first-order valence-corrected chi connectivity index (χ1v) is 10.1. The normalized spacial score (nSPS) is 11.6. The minimum Gasteiger partial charge on any atom is -0.355 e. The summed E-state index contributed by atoms with van der Waals surface area (Å²) in [5, 5.41) is 7.92. The van der Waals surface area contributed by atoms with E-state index in [1.165, 1.54) is 16.0 Å². The van der Waals surface area contributed by atoms with E-state index in [0.29, 0.717) is 6.54 Å². The monoisotopic (exact) mass is 378 g/mol. The molecular weight excluding hydrogens is 352 g/mol. The van der Waals surface area contributed by atoms with Gasteiger partial charge in [0.05, 0.1) is 6.54 Å². The lowest BCUT2D eigenvalue weighted by Gasteiger charge is -2.20. The molecule has 2 aromatic carbocycles. The van der Waals surface area contributed by atoms with Crippen LogP contribution in [0.2, 0.25) is 0 Å². The van der Waals surface area contributed by atoms with E-state index in [2.05, 4.69) is 88.2 Å². The van der Waals surface area contributed by atoms with E-state index in [9.17, 15) is 0 Å². The first-order valence-electron chi connectivity index (χ1n) is 9.28. The van der Waals surface area contributed by atoms with Gasteiger partial charge in [0.25, 0.3) is 0 Å². The van der Waals surface area contributed by atoms with Crippen LogP contribution in [0.5, 0.6) is 0 Å². The number of thiazole rings is 1. The summed E-state index contributed by atoms with van der Waals surface area (Å²) in [7, 11) is 1.80. The molecule has 0 spiro atoms. The lowest BCUT2D eigenvalue weighted by Crippen LogP contribution is -2.39. The summed E-state index contributed by atoms with van der Waals surface area (Å²) in [5.74, 6) is 1.05. The summed E-state index contributed by atoms with van der Waals surface area (Å²) in [4.78, 5) is 10.1. The quantitative estimate of drug-likeness (QED) is 0.478. The van der Waals surface area contributed by atoms with Gasteiger partial charge in [-0.05, 0) is 17.5 Å².